The van der Waals surface area contributed by atoms with E-state index in [-0.39, 0.29) is 19.1 Å². The van der Waals surface area contributed by atoms with Crippen molar-refractivity contribution in [3.05, 3.63) is 29.8 Å². The second-order valence-corrected chi connectivity index (χ2v) is 9.53. The minimum Gasteiger partial charge on any atom is -0.444 e. The van der Waals surface area contributed by atoms with E-state index in [0.717, 1.165) is 12.1 Å². The minimum absolute atomic E-state index is 0.0725. The number of carbonyl (C=O) groups is 1. The zero-order valence-corrected chi connectivity index (χ0v) is 15.7. The fourth-order valence-corrected chi connectivity index (χ4v) is 5.17. The molecule has 0 N–H and O–H groups in total. The van der Waals surface area contributed by atoms with Gasteiger partial charge in [0, 0.05) is 31.2 Å². The lowest BCUT2D eigenvalue weighted by Gasteiger charge is -2.50. The zero-order valence-electron chi connectivity index (χ0n) is 14.9. The molecule has 1 aromatic carbocycles. The summed E-state index contributed by atoms with van der Waals surface area (Å²) in [6.07, 6.45) is 0.755. The van der Waals surface area contributed by atoms with Gasteiger partial charge in [0.1, 0.15) is 22.1 Å². The predicted molar refractivity (Wildman–Crippen MR) is 90.0 cm³/mol. The smallest absolute Gasteiger partial charge is 0.410 e. The number of fused-ring (bicyclic) bond motifs is 3. The number of sulfonamides is 1. The molecule has 26 heavy (non-hydrogen) atoms. The summed E-state index contributed by atoms with van der Waals surface area (Å²) < 4.78 is 59.4. The number of hydrogen-bond donors (Lipinski definition) is 0. The van der Waals surface area contributed by atoms with Gasteiger partial charge in [0.2, 0.25) is 10.0 Å². The van der Waals surface area contributed by atoms with Crippen molar-refractivity contribution < 1.29 is 26.7 Å². The van der Waals surface area contributed by atoms with Gasteiger partial charge in [-0.1, -0.05) is 0 Å². The fourth-order valence-electron chi connectivity index (χ4n) is 3.44. The molecule has 3 heterocycles. The number of hydrogen-bond acceptors (Lipinski definition) is 4. The number of nitrogens with zero attached hydrogens (tertiary/aromatic N) is 2. The fraction of sp³-hybridized carbons (Fsp3) is 0.588. The number of halogens is 2. The minimum atomic E-state index is -4.11. The monoisotopic (exact) mass is 388 g/mol. The lowest BCUT2D eigenvalue weighted by atomic mass is 9.93. The third kappa shape index (κ3) is 3.55. The quantitative estimate of drug-likeness (QED) is 0.781. The van der Waals surface area contributed by atoms with Crippen LogP contribution in [-0.4, -0.2) is 54.5 Å². The number of ether oxygens (including phenoxy) is 1. The van der Waals surface area contributed by atoms with Crippen LogP contribution in [0.1, 0.15) is 33.6 Å². The highest BCUT2D eigenvalue weighted by Gasteiger charge is 2.47. The summed E-state index contributed by atoms with van der Waals surface area (Å²) in [7, 11) is -4.11. The Labute approximate surface area is 151 Å². The summed E-state index contributed by atoms with van der Waals surface area (Å²) >= 11 is 0. The lowest BCUT2D eigenvalue weighted by Crippen LogP contribution is -2.65. The third-order valence-electron chi connectivity index (χ3n) is 4.59. The van der Waals surface area contributed by atoms with Crippen LogP contribution in [0.25, 0.3) is 0 Å². The number of piperidine rings is 2. The lowest BCUT2D eigenvalue weighted by molar-refractivity contribution is -0.0204. The Morgan fingerprint density at radius 3 is 2.35 bits per heavy atom. The van der Waals surface area contributed by atoms with E-state index in [9.17, 15) is 22.0 Å². The summed E-state index contributed by atoms with van der Waals surface area (Å²) in [6.45, 7) is 5.56. The van der Waals surface area contributed by atoms with Crippen LogP contribution >= 0.6 is 0 Å². The molecular formula is C17H22F2N2O4S. The molecular weight excluding hydrogens is 366 g/mol. The molecule has 0 aromatic heterocycles. The molecule has 3 aliphatic heterocycles. The van der Waals surface area contributed by atoms with Crippen molar-refractivity contribution in [1.82, 2.24) is 9.21 Å². The van der Waals surface area contributed by atoms with Gasteiger partial charge in [-0.05, 0) is 45.7 Å². The van der Waals surface area contributed by atoms with Crippen LogP contribution < -0.4 is 0 Å². The molecule has 0 radical (unpaired) electrons. The largest absolute Gasteiger partial charge is 0.444 e. The summed E-state index contributed by atoms with van der Waals surface area (Å²) in [4.78, 5) is 13.4. The van der Waals surface area contributed by atoms with Crippen molar-refractivity contribution in [2.75, 3.05) is 13.1 Å². The van der Waals surface area contributed by atoms with Gasteiger partial charge in [-0.3, -0.25) is 0 Å². The van der Waals surface area contributed by atoms with Gasteiger partial charge >= 0.3 is 6.09 Å². The molecule has 2 unspecified atom stereocenters. The molecule has 3 saturated heterocycles. The van der Waals surface area contributed by atoms with Crippen LogP contribution in [0.5, 0.6) is 0 Å². The number of amides is 1. The molecule has 3 aliphatic rings. The highest BCUT2D eigenvalue weighted by molar-refractivity contribution is 7.89. The normalized spacial score (nSPS) is 24.0. The Bertz CT molecular complexity index is 823. The average molecular weight is 388 g/mol. The molecule has 3 fully saturated rings. The Morgan fingerprint density at radius 1 is 1.15 bits per heavy atom. The first-order valence-electron chi connectivity index (χ1n) is 8.45. The van der Waals surface area contributed by atoms with E-state index in [1.807, 2.05) is 0 Å². The zero-order chi connectivity index (χ0) is 19.3. The predicted octanol–water partition coefficient (Wildman–Crippen LogP) is 2.74. The molecule has 4 rings (SSSR count). The third-order valence-corrected chi connectivity index (χ3v) is 6.54. The van der Waals surface area contributed by atoms with Crippen molar-refractivity contribution in [3.8, 4) is 0 Å². The topological polar surface area (TPSA) is 66.9 Å². The Kier molecular flexibility index (Phi) is 4.72. The van der Waals surface area contributed by atoms with E-state index in [1.165, 1.54) is 4.31 Å². The molecule has 0 aliphatic carbocycles. The molecule has 1 aromatic rings. The molecule has 2 bridgehead atoms. The SMILES string of the molecule is CC(C)(C)OC(=O)N1CC2CCC1CN2S(=O)(=O)c1ccc(F)cc1F. The van der Waals surface area contributed by atoms with Crippen LogP contribution in [0.2, 0.25) is 0 Å². The second kappa shape index (κ2) is 6.45. The van der Waals surface area contributed by atoms with Crippen LogP contribution in [0.15, 0.2) is 23.1 Å². The summed E-state index contributed by atoms with van der Waals surface area (Å²) in [6, 6.07) is 1.64. The van der Waals surface area contributed by atoms with Gasteiger partial charge in [-0.25, -0.2) is 22.0 Å². The van der Waals surface area contributed by atoms with Crippen LogP contribution in [0, 0.1) is 11.6 Å². The highest BCUT2D eigenvalue weighted by atomic mass is 32.2. The summed E-state index contributed by atoms with van der Waals surface area (Å²) in [5, 5.41) is 0. The Hall–Kier alpha value is -1.74. The maximum atomic E-state index is 14.0. The number of benzene rings is 1. The standard InChI is InChI=1S/C17H22F2N2O4S/c1-17(2,3)25-16(22)20-9-13-6-5-12(20)10-21(13)26(23,24)15-7-4-11(18)8-14(15)19/h4,7-8,12-13H,5-6,9-10H2,1-3H3. The van der Waals surface area contributed by atoms with E-state index in [1.54, 1.807) is 25.7 Å². The number of rotatable bonds is 2. The van der Waals surface area contributed by atoms with Gasteiger partial charge in [0.25, 0.3) is 0 Å². The van der Waals surface area contributed by atoms with E-state index < -0.39 is 44.3 Å². The first-order chi connectivity index (χ1) is 12.0. The highest BCUT2D eigenvalue weighted by Crippen LogP contribution is 2.34. The van der Waals surface area contributed by atoms with Gasteiger partial charge in [0.15, 0.2) is 0 Å². The Balaban J connectivity index is 1.82. The average Bonchev–Trinajstić information content (AvgIpc) is 2.53. The van der Waals surface area contributed by atoms with Crippen LogP contribution in [-0.2, 0) is 14.8 Å². The molecule has 9 heteroatoms. The van der Waals surface area contributed by atoms with Crippen molar-refractivity contribution >= 4 is 16.1 Å². The van der Waals surface area contributed by atoms with Crippen molar-refractivity contribution in [3.63, 3.8) is 0 Å². The summed E-state index contributed by atoms with van der Waals surface area (Å²) in [5.41, 5.74) is -0.642. The van der Waals surface area contributed by atoms with Crippen LogP contribution in [0.4, 0.5) is 13.6 Å². The molecule has 144 valence electrons. The number of carbonyl (C=O) groups excluding carboxylic acids is 1. The van der Waals surface area contributed by atoms with E-state index in [0.29, 0.717) is 18.9 Å². The van der Waals surface area contributed by atoms with Crippen molar-refractivity contribution in [2.24, 2.45) is 0 Å². The molecule has 0 saturated carbocycles. The number of piperazine rings is 1. The van der Waals surface area contributed by atoms with Crippen LogP contribution in [0.3, 0.4) is 0 Å². The van der Waals surface area contributed by atoms with E-state index in [2.05, 4.69) is 0 Å². The second-order valence-electron chi connectivity index (χ2n) is 7.67. The summed E-state index contributed by atoms with van der Waals surface area (Å²) in [5.74, 6) is -1.95. The van der Waals surface area contributed by atoms with E-state index >= 15 is 0 Å². The molecule has 2 atom stereocenters. The first kappa shape index (κ1) is 19.0. The van der Waals surface area contributed by atoms with Gasteiger partial charge in [0.05, 0.1) is 0 Å². The Morgan fingerprint density at radius 2 is 1.81 bits per heavy atom. The molecule has 1 amide bonds. The van der Waals surface area contributed by atoms with Gasteiger partial charge < -0.3 is 9.64 Å². The van der Waals surface area contributed by atoms with E-state index in [4.69, 9.17) is 4.74 Å². The maximum Gasteiger partial charge on any atom is 0.410 e. The maximum absolute atomic E-state index is 14.0. The van der Waals surface area contributed by atoms with Crippen molar-refractivity contribution in [1.29, 1.82) is 0 Å². The first-order valence-corrected chi connectivity index (χ1v) is 9.89. The van der Waals surface area contributed by atoms with Gasteiger partial charge in [-0.2, -0.15) is 4.31 Å². The van der Waals surface area contributed by atoms with Crippen molar-refractivity contribution in [2.45, 2.75) is 56.2 Å². The molecule has 6 nitrogen and oxygen atoms in total. The van der Waals surface area contributed by atoms with Gasteiger partial charge in [-0.15, -0.1) is 0 Å². The molecule has 0 spiro atoms.